The Morgan fingerprint density at radius 2 is 2.33 bits per heavy atom. The zero-order chi connectivity index (χ0) is 7.28. The summed E-state index contributed by atoms with van der Waals surface area (Å²) in [6, 6.07) is 0. The molecule has 9 heavy (non-hydrogen) atoms. The highest BCUT2D eigenvalue weighted by Crippen LogP contribution is 1.99. The van der Waals surface area contributed by atoms with Gasteiger partial charge in [-0.25, -0.2) is 4.79 Å². The van der Waals surface area contributed by atoms with Gasteiger partial charge < -0.3 is 5.11 Å². The molecular weight excluding hydrogens is 116 g/mol. The molecule has 0 aliphatic rings. The Bertz CT molecular complexity index is 162. The summed E-state index contributed by atoms with van der Waals surface area (Å²) in [5.41, 5.74) is 0.174. The Labute approximate surface area is 54.2 Å². The first kappa shape index (κ1) is 7.77. The summed E-state index contributed by atoms with van der Waals surface area (Å²) in [4.78, 5) is 10.0. The molecule has 0 aromatic rings. The molecule has 0 spiro atoms. The monoisotopic (exact) mass is 124 g/mol. The van der Waals surface area contributed by atoms with Crippen LogP contribution in [0, 0.1) is 12.3 Å². The van der Waals surface area contributed by atoms with E-state index >= 15 is 0 Å². The van der Waals surface area contributed by atoms with Gasteiger partial charge in [0.2, 0.25) is 0 Å². The fourth-order valence-electron chi connectivity index (χ4n) is 0.330. The van der Waals surface area contributed by atoms with Gasteiger partial charge in [0.25, 0.3) is 0 Å². The van der Waals surface area contributed by atoms with Crippen LogP contribution < -0.4 is 0 Å². The van der Waals surface area contributed by atoms with Gasteiger partial charge >= 0.3 is 5.97 Å². The van der Waals surface area contributed by atoms with Crippen LogP contribution in [0.25, 0.3) is 0 Å². The normalized spacial score (nSPS) is 7.89. The fraction of sp³-hybridized carbons (Fsp3) is 0.286. The molecule has 0 rings (SSSR count). The lowest BCUT2D eigenvalue weighted by Gasteiger charge is -1.91. The Morgan fingerprint density at radius 3 is 2.67 bits per heavy atom. The lowest BCUT2D eigenvalue weighted by Crippen LogP contribution is -1.97. The van der Waals surface area contributed by atoms with E-state index in [1.165, 1.54) is 0 Å². The zero-order valence-corrected chi connectivity index (χ0v) is 5.05. The van der Waals surface area contributed by atoms with Gasteiger partial charge in [0.05, 0.1) is 0 Å². The largest absolute Gasteiger partial charge is 0.478 e. The molecule has 0 aliphatic heterocycles. The fourth-order valence-corrected chi connectivity index (χ4v) is 0.330. The molecule has 1 N–H and O–H groups in total. The van der Waals surface area contributed by atoms with Crippen LogP contribution in [0.2, 0.25) is 0 Å². The first-order chi connectivity index (χ1) is 4.18. The second kappa shape index (κ2) is 3.73. The summed E-state index contributed by atoms with van der Waals surface area (Å²) in [5, 5.41) is 8.24. The minimum atomic E-state index is -0.967. The molecule has 0 bridgehead atoms. The Balaban J connectivity index is 3.55. The number of hydrogen-bond acceptors (Lipinski definition) is 1. The van der Waals surface area contributed by atoms with Crippen molar-refractivity contribution >= 4 is 5.97 Å². The third-order valence-electron chi connectivity index (χ3n) is 0.874. The Morgan fingerprint density at radius 1 is 1.78 bits per heavy atom. The molecule has 0 heterocycles. The van der Waals surface area contributed by atoms with E-state index in [2.05, 4.69) is 12.5 Å². The number of carboxylic acids is 1. The predicted octanol–water partition coefficient (Wildman–Crippen LogP) is 1.04. The van der Waals surface area contributed by atoms with E-state index in [1.807, 2.05) is 0 Å². The molecule has 2 nitrogen and oxygen atoms in total. The smallest absolute Gasteiger partial charge is 0.330 e. The molecular formula is C7H8O2. The van der Waals surface area contributed by atoms with Crippen molar-refractivity contribution in [3.8, 4) is 12.3 Å². The highest BCUT2D eigenvalue weighted by Gasteiger charge is 2.00. The van der Waals surface area contributed by atoms with Crippen LogP contribution in [0.3, 0.4) is 0 Å². The molecule has 0 aromatic heterocycles. The van der Waals surface area contributed by atoms with Crippen molar-refractivity contribution in [1.29, 1.82) is 0 Å². The van der Waals surface area contributed by atoms with Gasteiger partial charge in [-0.15, -0.1) is 12.3 Å². The van der Waals surface area contributed by atoms with Crippen molar-refractivity contribution in [2.75, 3.05) is 0 Å². The molecule has 2 heteroatoms. The number of terminal acetylenes is 1. The third-order valence-corrected chi connectivity index (χ3v) is 0.874. The van der Waals surface area contributed by atoms with Crippen molar-refractivity contribution < 1.29 is 9.90 Å². The van der Waals surface area contributed by atoms with Crippen molar-refractivity contribution in [3.63, 3.8) is 0 Å². The first-order valence-corrected chi connectivity index (χ1v) is 2.53. The van der Waals surface area contributed by atoms with Crippen LogP contribution in [0.1, 0.15) is 12.8 Å². The molecule has 0 radical (unpaired) electrons. The summed E-state index contributed by atoms with van der Waals surface area (Å²) in [5.74, 6) is 1.36. The van der Waals surface area contributed by atoms with Crippen LogP contribution >= 0.6 is 0 Å². The van der Waals surface area contributed by atoms with E-state index in [0.29, 0.717) is 12.8 Å². The maximum Gasteiger partial charge on any atom is 0.330 e. The standard InChI is InChI=1S/C7H8O2/c1-3-4-5-6(2)7(8)9/h1H,2,4-5H2,(H,8,9). The van der Waals surface area contributed by atoms with Crippen LogP contribution in [0.4, 0.5) is 0 Å². The number of carboxylic acid groups (broad SMARTS) is 1. The topological polar surface area (TPSA) is 37.3 Å². The van der Waals surface area contributed by atoms with Gasteiger partial charge in [0.15, 0.2) is 0 Å². The number of aliphatic carboxylic acids is 1. The van der Waals surface area contributed by atoms with E-state index in [0.717, 1.165) is 0 Å². The van der Waals surface area contributed by atoms with Gasteiger partial charge in [-0.1, -0.05) is 6.58 Å². The van der Waals surface area contributed by atoms with Gasteiger partial charge in [0, 0.05) is 12.0 Å². The van der Waals surface area contributed by atoms with Gasteiger partial charge in [-0.3, -0.25) is 0 Å². The summed E-state index contributed by atoms with van der Waals surface area (Å²) in [6.45, 7) is 3.30. The molecule has 0 atom stereocenters. The molecule has 0 aromatic carbocycles. The highest BCUT2D eigenvalue weighted by atomic mass is 16.4. The maximum absolute atomic E-state index is 10.0. The van der Waals surface area contributed by atoms with Gasteiger partial charge in [0.1, 0.15) is 0 Å². The SMILES string of the molecule is C#CCCC(=C)C(=O)O. The van der Waals surface area contributed by atoms with Gasteiger partial charge in [-0.05, 0) is 6.42 Å². The zero-order valence-electron chi connectivity index (χ0n) is 5.05. The van der Waals surface area contributed by atoms with Gasteiger partial charge in [-0.2, -0.15) is 0 Å². The van der Waals surface area contributed by atoms with Crippen molar-refractivity contribution in [3.05, 3.63) is 12.2 Å². The van der Waals surface area contributed by atoms with E-state index in [-0.39, 0.29) is 5.57 Å². The minimum Gasteiger partial charge on any atom is -0.478 e. The molecule has 48 valence electrons. The van der Waals surface area contributed by atoms with Crippen LogP contribution in [0.5, 0.6) is 0 Å². The summed E-state index contributed by atoms with van der Waals surface area (Å²) < 4.78 is 0. The number of rotatable bonds is 3. The first-order valence-electron chi connectivity index (χ1n) is 2.53. The van der Waals surface area contributed by atoms with E-state index in [4.69, 9.17) is 11.5 Å². The minimum absolute atomic E-state index is 0.174. The molecule has 0 saturated heterocycles. The average molecular weight is 124 g/mol. The van der Waals surface area contributed by atoms with Crippen molar-refractivity contribution in [2.45, 2.75) is 12.8 Å². The molecule has 0 amide bonds. The van der Waals surface area contributed by atoms with Crippen molar-refractivity contribution in [1.82, 2.24) is 0 Å². The van der Waals surface area contributed by atoms with Crippen LogP contribution in [-0.4, -0.2) is 11.1 Å². The lowest BCUT2D eigenvalue weighted by molar-refractivity contribution is -0.132. The van der Waals surface area contributed by atoms with E-state index < -0.39 is 5.97 Å². The molecule has 0 fully saturated rings. The quantitative estimate of drug-likeness (QED) is 0.451. The van der Waals surface area contributed by atoms with E-state index in [9.17, 15) is 4.79 Å². The third kappa shape index (κ3) is 3.36. The molecule has 0 aliphatic carbocycles. The Kier molecular flexibility index (Phi) is 3.22. The summed E-state index contributed by atoms with van der Waals surface area (Å²) in [7, 11) is 0. The number of hydrogen-bond donors (Lipinski definition) is 1. The highest BCUT2D eigenvalue weighted by molar-refractivity contribution is 5.85. The van der Waals surface area contributed by atoms with E-state index in [1.54, 1.807) is 0 Å². The second-order valence-electron chi connectivity index (χ2n) is 1.61. The van der Waals surface area contributed by atoms with Crippen LogP contribution in [-0.2, 0) is 4.79 Å². The number of carbonyl (C=O) groups is 1. The average Bonchev–Trinajstić information content (AvgIpc) is 1.82. The second-order valence-corrected chi connectivity index (χ2v) is 1.61. The maximum atomic E-state index is 10.0. The summed E-state index contributed by atoms with van der Waals surface area (Å²) >= 11 is 0. The summed E-state index contributed by atoms with van der Waals surface area (Å²) in [6.07, 6.45) is 5.72. The molecule has 0 saturated carbocycles. The predicted molar refractivity (Wildman–Crippen MR) is 34.8 cm³/mol. The van der Waals surface area contributed by atoms with Crippen LogP contribution in [0.15, 0.2) is 12.2 Å². The Hall–Kier alpha value is -1.23. The molecule has 0 unspecified atom stereocenters. The lowest BCUT2D eigenvalue weighted by atomic mass is 10.2. The van der Waals surface area contributed by atoms with Crippen molar-refractivity contribution in [2.24, 2.45) is 0 Å².